The number of Topliss-reactive ketones (excluding diaryl/α,β-unsaturated/α-hetero) is 1. The van der Waals surface area contributed by atoms with E-state index >= 15 is 0 Å². The summed E-state index contributed by atoms with van der Waals surface area (Å²) in [5.41, 5.74) is 0.503. The number of methoxy groups -OCH3 is 1. The zero-order valence-corrected chi connectivity index (χ0v) is 11.6. The highest BCUT2D eigenvalue weighted by molar-refractivity contribution is 6.05. The van der Waals surface area contributed by atoms with Crippen LogP contribution >= 0.6 is 0 Å². The number of benzene rings is 1. The second-order valence-electron chi connectivity index (χ2n) is 5.37. The van der Waals surface area contributed by atoms with Crippen molar-refractivity contribution < 1.29 is 14.3 Å². The zero-order valence-electron chi connectivity index (χ0n) is 11.6. The highest BCUT2D eigenvalue weighted by Crippen LogP contribution is 2.31. The van der Waals surface area contributed by atoms with Crippen LogP contribution in [0.25, 0.3) is 0 Å². The lowest BCUT2D eigenvalue weighted by molar-refractivity contribution is -0.148. The first-order valence-corrected chi connectivity index (χ1v) is 6.38. The van der Waals surface area contributed by atoms with Gasteiger partial charge >= 0.3 is 5.97 Å². The van der Waals surface area contributed by atoms with E-state index in [1.807, 2.05) is 49.1 Å². The molecule has 1 aliphatic rings. The van der Waals surface area contributed by atoms with Gasteiger partial charge < -0.3 is 4.74 Å². The molecule has 19 heavy (non-hydrogen) atoms. The van der Waals surface area contributed by atoms with Crippen molar-refractivity contribution in [1.82, 2.24) is 4.90 Å². The van der Waals surface area contributed by atoms with Gasteiger partial charge in [-0.3, -0.25) is 14.5 Å². The van der Waals surface area contributed by atoms with Crippen molar-refractivity contribution in [2.45, 2.75) is 25.9 Å². The Bertz CT molecular complexity index is 481. The van der Waals surface area contributed by atoms with Crippen LogP contribution in [-0.4, -0.2) is 35.8 Å². The number of rotatable bonds is 3. The summed E-state index contributed by atoms with van der Waals surface area (Å²) in [6, 6.07) is 9.94. The van der Waals surface area contributed by atoms with Gasteiger partial charge in [0.15, 0.2) is 5.78 Å². The number of likely N-dealkylation sites (tertiary alicyclic amines) is 1. The summed E-state index contributed by atoms with van der Waals surface area (Å²) in [5.74, 6) is -1.16. The molecule has 0 saturated carbocycles. The first-order chi connectivity index (χ1) is 8.96. The number of carbonyl (C=O) groups is 2. The van der Waals surface area contributed by atoms with E-state index in [1.165, 1.54) is 7.11 Å². The molecule has 1 aromatic carbocycles. The largest absolute Gasteiger partial charge is 0.468 e. The second-order valence-corrected chi connectivity index (χ2v) is 5.37. The van der Waals surface area contributed by atoms with E-state index in [4.69, 9.17) is 4.74 Å². The number of ketones is 1. The predicted octanol–water partition coefficient (Wildman–Crippen LogP) is 1.64. The summed E-state index contributed by atoms with van der Waals surface area (Å²) in [5, 5.41) is 0. The number of esters is 1. The fourth-order valence-electron chi connectivity index (χ4n) is 2.50. The molecule has 1 heterocycles. The van der Waals surface area contributed by atoms with Crippen LogP contribution < -0.4 is 0 Å². The number of carbonyl (C=O) groups excluding carboxylic acids is 2. The topological polar surface area (TPSA) is 46.6 Å². The third-order valence-corrected chi connectivity index (χ3v) is 3.81. The molecule has 0 spiro atoms. The molecule has 1 saturated heterocycles. The number of ether oxygens (including phenoxy) is 1. The molecule has 102 valence electrons. The third kappa shape index (κ3) is 2.54. The van der Waals surface area contributed by atoms with Crippen molar-refractivity contribution in [1.29, 1.82) is 0 Å². The molecule has 0 amide bonds. The minimum atomic E-state index is -0.663. The van der Waals surface area contributed by atoms with Crippen molar-refractivity contribution in [3.05, 3.63) is 35.9 Å². The van der Waals surface area contributed by atoms with Crippen molar-refractivity contribution >= 4 is 11.8 Å². The predicted molar refractivity (Wildman–Crippen MR) is 71.4 cm³/mol. The van der Waals surface area contributed by atoms with E-state index in [1.54, 1.807) is 0 Å². The highest BCUT2D eigenvalue weighted by atomic mass is 16.5. The summed E-state index contributed by atoms with van der Waals surface area (Å²) in [6.07, 6.45) is 0. The fourth-order valence-corrected chi connectivity index (χ4v) is 2.50. The average molecular weight is 261 g/mol. The maximum atomic E-state index is 12.3. The Morgan fingerprint density at radius 2 is 2.00 bits per heavy atom. The van der Waals surface area contributed by atoms with E-state index in [9.17, 15) is 9.59 Å². The summed E-state index contributed by atoms with van der Waals surface area (Å²) >= 11 is 0. The molecule has 1 aliphatic heterocycles. The lowest BCUT2D eigenvalue weighted by Crippen LogP contribution is -2.42. The molecule has 0 radical (unpaired) electrons. The minimum Gasteiger partial charge on any atom is -0.468 e. The monoisotopic (exact) mass is 261 g/mol. The van der Waals surface area contributed by atoms with E-state index in [2.05, 4.69) is 0 Å². The van der Waals surface area contributed by atoms with Crippen molar-refractivity contribution in [3.63, 3.8) is 0 Å². The molecule has 1 aromatic rings. The van der Waals surface area contributed by atoms with E-state index in [0.29, 0.717) is 13.1 Å². The summed E-state index contributed by atoms with van der Waals surface area (Å²) in [7, 11) is 1.32. The Balaban J connectivity index is 2.18. The van der Waals surface area contributed by atoms with E-state index in [0.717, 1.165) is 5.56 Å². The van der Waals surface area contributed by atoms with E-state index in [-0.39, 0.29) is 5.78 Å². The molecule has 4 nitrogen and oxygen atoms in total. The van der Waals surface area contributed by atoms with Crippen LogP contribution in [0.15, 0.2) is 30.3 Å². The minimum absolute atomic E-state index is 0.0599. The first kappa shape index (κ1) is 13.7. The van der Waals surface area contributed by atoms with Gasteiger partial charge in [-0.25, -0.2) is 0 Å². The van der Waals surface area contributed by atoms with Crippen molar-refractivity contribution in [3.8, 4) is 0 Å². The zero-order chi connectivity index (χ0) is 14.0. The highest BCUT2D eigenvalue weighted by Gasteiger charge is 2.49. The lowest BCUT2D eigenvalue weighted by atomic mass is 9.94. The van der Waals surface area contributed by atoms with Crippen LogP contribution in [0, 0.1) is 5.92 Å². The van der Waals surface area contributed by atoms with Gasteiger partial charge in [-0.15, -0.1) is 0 Å². The number of nitrogens with zero attached hydrogens (tertiary/aromatic N) is 1. The molecular weight excluding hydrogens is 242 g/mol. The normalized spacial score (nSPS) is 22.5. The smallest absolute Gasteiger partial charge is 0.317 e. The Morgan fingerprint density at radius 1 is 1.37 bits per heavy atom. The molecule has 1 atom stereocenters. The maximum Gasteiger partial charge on any atom is 0.317 e. The lowest BCUT2D eigenvalue weighted by Gasteiger charge is -2.29. The Morgan fingerprint density at radius 3 is 2.58 bits per heavy atom. The van der Waals surface area contributed by atoms with Gasteiger partial charge in [-0.1, -0.05) is 30.3 Å². The second kappa shape index (κ2) is 5.13. The first-order valence-electron chi connectivity index (χ1n) is 6.38. The van der Waals surface area contributed by atoms with Gasteiger partial charge in [-0.2, -0.15) is 0 Å². The number of hydrogen-bond acceptors (Lipinski definition) is 4. The van der Waals surface area contributed by atoms with Crippen LogP contribution in [0.4, 0.5) is 0 Å². The molecule has 0 N–H and O–H groups in total. The van der Waals surface area contributed by atoms with Gasteiger partial charge in [0, 0.05) is 13.1 Å². The van der Waals surface area contributed by atoms with Gasteiger partial charge in [-0.05, 0) is 19.4 Å². The van der Waals surface area contributed by atoms with Crippen molar-refractivity contribution in [2.75, 3.05) is 13.7 Å². The van der Waals surface area contributed by atoms with Gasteiger partial charge in [0.25, 0.3) is 0 Å². The molecule has 4 heteroatoms. The Hall–Kier alpha value is -1.68. The molecule has 2 rings (SSSR count). The van der Waals surface area contributed by atoms with Gasteiger partial charge in [0.05, 0.1) is 12.6 Å². The van der Waals surface area contributed by atoms with Crippen LogP contribution in [0.5, 0.6) is 0 Å². The Labute approximate surface area is 113 Å². The Kier molecular flexibility index (Phi) is 3.71. The third-order valence-electron chi connectivity index (χ3n) is 3.81. The molecule has 1 fully saturated rings. The van der Waals surface area contributed by atoms with Crippen LogP contribution in [-0.2, 0) is 20.9 Å². The molecule has 0 bridgehead atoms. The van der Waals surface area contributed by atoms with Crippen LogP contribution in [0.1, 0.15) is 19.4 Å². The number of hydrogen-bond donors (Lipinski definition) is 0. The summed E-state index contributed by atoms with van der Waals surface area (Å²) in [6.45, 7) is 4.81. The van der Waals surface area contributed by atoms with Gasteiger partial charge in [0.1, 0.15) is 5.92 Å². The SMILES string of the molecule is COC(=O)C1CN(Cc2ccccc2)C(C)(C)C1=O. The van der Waals surface area contributed by atoms with E-state index < -0.39 is 17.4 Å². The quantitative estimate of drug-likeness (QED) is 0.613. The van der Waals surface area contributed by atoms with Crippen LogP contribution in [0.3, 0.4) is 0 Å². The molecule has 0 aliphatic carbocycles. The fraction of sp³-hybridized carbons (Fsp3) is 0.467. The van der Waals surface area contributed by atoms with Crippen LogP contribution in [0.2, 0.25) is 0 Å². The van der Waals surface area contributed by atoms with Crippen molar-refractivity contribution in [2.24, 2.45) is 5.92 Å². The summed E-state index contributed by atoms with van der Waals surface area (Å²) < 4.78 is 4.71. The molecular formula is C15H19NO3. The molecule has 0 aromatic heterocycles. The maximum absolute atomic E-state index is 12.3. The van der Waals surface area contributed by atoms with Gasteiger partial charge in [0.2, 0.25) is 0 Å². The summed E-state index contributed by atoms with van der Waals surface area (Å²) in [4.78, 5) is 26.0. The standard InChI is InChI=1S/C15H19NO3/c1-15(2)13(17)12(14(18)19-3)10-16(15)9-11-7-5-4-6-8-11/h4-8,12H,9-10H2,1-3H3. The average Bonchev–Trinajstić information content (AvgIpc) is 2.63. The molecule has 1 unspecified atom stereocenters.